The molecule has 0 saturated carbocycles. The van der Waals surface area contributed by atoms with Crippen molar-refractivity contribution in [2.24, 2.45) is 7.05 Å². The van der Waals surface area contributed by atoms with E-state index >= 15 is 0 Å². The van der Waals surface area contributed by atoms with E-state index in [9.17, 15) is 4.79 Å². The minimum absolute atomic E-state index is 0.147. The molecule has 0 N–H and O–H groups in total. The third-order valence-electron chi connectivity index (χ3n) is 6.27. The van der Waals surface area contributed by atoms with Crippen LogP contribution in [0.1, 0.15) is 17.1 Å². The van der Waals surface area contributed by atoms with Gasteiger partial charge in [-0.25, -0.2) is 4.98 Å². The number of fused-ring (bicyclic) bond motifs is 2. The van der Waals surface area contributed by atoms with Gasteiger partial charge >= 0.3 is 0 Å². The molecule has 5 aromatic rings. The van der Waals surface area contributed by atoms with E-state index in [1.807, 2.05) is 73.8 Å². The highest BCUT2D eigenvalue weighted by Crippen LogP contribution is 2.30. The zero-order valence-corrected chi connectivity index (χ0v) is 19.6. The van der Waals surface area contributed by atoms with Crippen LogP contribution in [0.3, 0.4) is 0 Å². The second kappa shape index (κ2) is 8.56. The van der Waals surface area contributed by atoms with E-state index in [0.717, 1.165) is 27.9 Å². The van der Waals surface area contributed by atoms with Crippen LogP contribution in [0.2, 0.25) is 0 Å². The lowest BCUT2D eigenvalue weighted by Crippen LogP contribution is -2.22. The van der Waals surface area contributed by atoms with Gasteiger partial charge in [-0.05, 0) is 61.5 Å². The molecule has 0 aliphatic rings. The summed E-state index contributed by atoms with van der Waals surface area (Å²) >= 11 is 0. The molecule has 170 valence electrons. The van der Waals surface area contributed by atoms with Crippen LogP contribution in [-0.2, 0) is 7.05 Å². The largest absolute Gasteiger partial charge is 0.497 e. The minimum Gasteiger partial charge on any atom is -0.497 e. The molecule has 5 rings (SSSR count). The second-order valence-corrected chi connectivity index (χ2v) is 8.07. The highest BCUT2D eigenvalue weighted by atomic mass is 16.5. The Morgan fingerprint density at radius 3 is 2.44 bits per heavy atom. The highest BCUT2D eigenvalue weighted by molar-refractivity contribution is 5.94. The molecule has 6 nitrogen and oxygen atoms in total. The van der Waals surface area contributed by atoms with Gasteiger partial charge in [-0.15, -0.1) is 0 Å². The smallest absolute Gasteiger partial charge is 0.266 e. The summed E-state index contributed by atoms with van der Waals surface area (Å²) in [6, 6.07) is 20.9. The molecule has 0 fully saturated rings. The fourth-order valence-electron chi connectivity index (χ4n) is 4.38. The Bertz CT molecular complexity index is 1630. The fourth-order valence-corrected chi connectivity index (χ4v) is 4.38. The molecule has 0 radical (unpaired) electrons. The summed E-state index contributed by atoms with van der Waals surface area (Å²) in [5, 5.41) is 1.62. The van der Waals surface area contributed by atoms with Crippen LogP contribution in [0.25, 0.3) is 39.6 Å². The maximum absolute atomic E-state index is 13.6. The van der Waals surface area contributed by atoms with Gasteiger partial charge in [-0.2, -0.15) is 0 Å². The van der Waals surface area contributed by atoms with Crippen LogP contribution in [0.5, 0.6) is 11.5 Å². The number of hydrogen-bond acceptors (Lipinski definition) is 4. The number of methoxy groups -OCH3 is 2. The zero-order chi connectivity index (χ0) is 23.8. The van der Waals surface area contributed by atoms with Crippen molar-refractivity contribution in [2.45, 2.75) is 6.92 Å². The summed E-state index contributed by atoms with van der Waals surface area (Å²) in [5.74, 6) is 1.91. The van der Waals surface area contributed by atoms with Crippen LogP contribution in [0.15, 0.2) is 71.5 Å². The fraction of sp³-hybridized carbons (Fsp3) is 0.143. The van der Waals surface area contributed by atoms with Crippen molar-refractivity contribution in [3.05, 3.63) is 94.2 Å². The van der Waals surface area contributed by atoms with Gasteiger partial charge < -0.3 is 14.0 Å². The molecule has 0 spiro atoms. The third-order valence-corrected chi connectivity index (χ3v) is 6.27. The number of benzene rings is 3. The average Bonchev–Trinajstić information content (AvgIpc) is 3.11. The van der Waals surface area contributed by atoms with Crippen molar-refractivity contribution in [1.82, 2.24) is 14.1 Å². The van der Waals surface area contributed by atoms with Crippen molar-refractivity contribution in [2.75, 3.05) is 14.2 Å². The van der Waals surface area contributed by atoms with Crippen molar-refractivity contribution in [3.8, 4) is 17.2 Å². The van der Waals surface area contributed by atoms with E-state index in [0.29, 0.717) is 28.2 Å². The molecule has 0 saturated heterocycles. The Labute approximate surface area is 197 Å². The van der Waals surface area contributed by atoms with Crippen LogP contribution >= 0.6 is 0 Å². The molecule has 3 aromatic carbocycles. The van der Waals surface area contributed by atoms with E-state index in [-0.39, 0.29) is 5.56 Å². The summed E-state index contributed by atoms with van der Waals surface area (Å²) in [7, 11) is 5.30. The SMILES string of the molecule is COc1ccc2c(c1)c(/C=C/c1nc3ccccc3c(=O)n1-c1ccccc1OC)c(C)n2C. The molecule has 2 aromatic heterocycles. The number of rotatable bonds is 5. The Morgan fingerprint density at radius 2 is 1.65 bits per heavy atom. The van der Waals surface area contributed by atoms with Gasteiger partial charge in [0.15, 0.2) is 0 Å². The molecule has 0 unspecified atom stereocenters. The van der Waals surface area contributed by atoms with E-state index in [1.54, 1.807) is 24.9 Å². The Hall–Kier alpha value is -4.32. The third kappa shape index (κ3) is 3.44. The molecule has 0 aliphatic carbocycles. The summed E-state index contributed by atoms with van der Waals surface area (Å²) in [5.41, 5.74) is 4.40. The van der Waals surface area contributed by atoms with Crippen molar-refractivity contribution < 1.29 is 9.47 Å². The molecule has 0 aliphatic heterocycles. The van der Waals surface area contributed by atoms with Crippen molar-refractivity contribution >= 4 is 34.0 Å². The Kier molecular flexibility index (Phi) is 5.42. The van der Waals surface area contributed by atoms with E-state index in [2.05, 4.69) is 17.6 Å². The number of ether oxygens (including phenoxy) is 2. The standard InChI is InChI=1S/C28H25N3O3/c1-18-20(22-17-19(33-3)13-15-24(22)30(18)2)14-16-27-29-23-10-6-5-9-21(23)28(32)31(27)25-11-7-8-12-26(25)34-4/h5-17H,1-4H3/b16-14+. The molecular weight excluding hydrogens is 426 g/mol. The Morgan fingerprint density at radius 1 is 0.882 bits per heavy atom. The van der Waals surface area contributed by atoms with E-state index in [1.165, 1.54) is 0 Å². The molecular formula is C28H25N3O3. The topological polar surface area (TPSA) is 58.3 Å². The maximum Gasteiger partial charge on any atom is 0.266 e. The number of hydrogen-bond donors (Lipinski definition) is 0. The van der Waals surface area contributed by atoms with Crippen molar-refractivity contribution in [3.63, 3.8) is 0 Å². The summed E-state index contributed by atoms with van der Waals surface area (Å²) in [4.78, 5) is 18.5. The van der Waals surface area contributed by atoms with Crippen LogP contribution in [-0.4, -0.2) is 28.3 Å². The van der Waals surface area contributed by atoms with Gasteiger partial charge in [0.2, 0.25) is 0 Å². The molecule has 0 amide bonds. The lowest BCUT2D eigenvalue weighted by molar-refractivity contribution is 0.412. The average molecular weight is 452 g/mol. The first kappa shape index (κ1) is 21.5. The number of nitrogens with zero attached hydrogens (tertiary/aromatic N) is 3. The molecule has 2 heterocycles. The predicted octanol–water partition coefficient (Wildman–Crippen LogP) is 5.37. The lowest BCUT2D eigenvalue weighted by Gasteiger charge is -2.14. The lowest BCUT2D eigenvalue weighted by atomic mass is 10.1. The van der Waals surface area contributed by atoms with Gasteiger partial charge in [0.1, 0.15) is 17.3 Å². The van der Waals surface area contributed by atoms with Gasteiger partial charge in [0.25, 0.3) is 5.56 Å². The van der Waals surface area contributed by atoms with Crippen LogP contribution < -0.4 is 15.0 Å². The van der Waals surface area contributed by atoms with E-state index in [4.69, 9.17) is 14.5 Å². The molecule has 0 atom stereocenters. The quantitative estimate of drug-likeness (QED) is 0.360. The first-order chi connectivity index (χ1) is 16.5. The predicted molar refractivity (Wildman–Crippen MR) is 137 cm³/mol. The molecule has 6 heteroatoms. The minimum atomic E-state index is -0.147. The monoisotopic (exact) mass is 451 g/mol. The van der Waals surface area contributed by atoms with Crippen LogP contribution in [0, 0.1) is 6.92 Å². The Balaban J connectivity index is 1.77. The van der Waals surface area contributed by atoms with Gasteiger partial charge in [0.05, 0.1) is 30.8 Å². The zero-order valence-electron chi connectivity index (χ0n) is 19.6. The first-order valence-electron chi connectivity index (χ1n) is 11.0. The number of aryl methyl sites for hydroxylation is 1. The molecule has 0 bridgehead atoms. The van der Waals surface area contributed by atoms with E-state index < -0.39 is 0 Å². The van der Waals surface area contributed by atoms with Gasteiger partial charge in [0, 0.05) is 29.2 Å². The van der Waals surface area contributed by atoms with Crippen LogP contribution in [0.4, 0.5) is 0 Å². The second-order valence-electron chi connectivity index (χ2n) is 8.07. The van der Waals surface area contributed by atoms with Gasteiger partial charge in [-0.1, -0.05) is 24.3 Å². The maximum atomic E-state index is 13.6. The number of para-hydroxylation sites is 3. The summed E-state index contributed by atoms with van der Waals surface area (Å²) in [6.07, 6.45) is 3.90. The molecule has 34 heavy (non-hydrogen) atoms. The summed E-state index contributed by atoms with van der Waals surface area (Å²) in [6.45, 7) is 2.08. The summed E-state index contributed by atoms with van der Waals surface area (Å²) < 4.78 is 14.8. The first-order valence-corrected chi connectivity index (χ1v) is 11.0. The normalized spacial score (nSPS) is 11.5. The number of aromatic nitrogens is 3. The van der Waals surface area contributed by atoms with Gasteiger partial charge in [-0.3, -0.25) is 9.36 Å². The highest BCUT2D eigenvalue weighted by Gasteiger charge is 2.15. The van der Waals surface area contributed by atoms with Crippen molar-refractivity contribution in [1.29, 1.82) is 0 Å².